The summed E-state index contributed by atoms with van der Waals surface area (Å²) in [6.07, 6.45) is 0. The number of esters is 1. The van der Waals surface area contributed by atoms with Crippen LogP contribution >= 0.6 is 0 Å². The first-order valence-electron chi connectivity index (χ1n) is 7.89. The van der Waals surface area contributed by atoms with Gasteiger partial charge in [-0.15, -0.1) is 0 Å². The third kappa shape index (κ3) is 4.91. The molecule has 0 aliphatic rings. The highest BCUT2D eigenvalue weighted by atomic mass is 19.1. The zero-order chi connectivity index (χ0) is 17.5. The molecule has 4 heteroatoms. The molecule has 0 radical (unpaired) electrons. The molecule has 0 unspecified atom stereocenters. The second-order valence-electron chi connectivity index (χ2n) is 5.47. The van der Waals surface area contributed by atoms with E-state index in [9.17, 15) is 9.18 Å². The van der Waals surface area contributed by atoms with Gasteiger partial charge in [0.05, 0.1) is 0 Å². The van der Waals surface area contributed by atoms with Gasteiger partial charge in [-0.3, -0.25) is 0 Å². The third-order valence-electron chi connectivity index (χ3n) is 3.63. The topological polar surface area (TPSA) is 35.5 Å². The lowest BCUT2D eigenvalue weighted by molar-refractivity contribution is -0.147. The molecule has 0 spiro atoms. The van der Waals surface area contributed by atoms with E-state index in [1.54, 1.807) is 12.1 Å². The van der Waals surface area contributed by atoms with Gasteiger partial charge >= 0.3 is 5.97 Å². The molecule has 0 saturated heterocycles. The van der Waals surface area contributed by atoms with Gasteiger partial charge in [-0.1, -0.05) is 54.6 Å². The van der Waals surface area contributed by atoms with Crippen LogP contribution in [0.1, 0.15) is 5.56 Å². The fourth-order valence-corrected chi connectivity index (χ4v) is 2.30. The van der Waals surface area contributed by atoms with E-state index in [1.807, 2.05) is 54.6 Å². The molecule has 0 bridgehead atoms. The predicted octanol–water partition coefficient (Wildman–Crippen LogP) is 4.61. The quantitative estimate of drug-likeness (QED) is 0.617. The Morgan fingerprint density at radius 2 is 1.44 bits per heavy atom. The Morgan fingerprint density at radius 1 is 0.800 bits per heavy atom. The van der Waals surface area contributed by atoms with Gasteiger partial charge in [0.2, 0.25) is 0 Å². The molecule has 0 atom stereocenters. The van der Waals surface area contributed by atoms with E-state index in [0.29, 0.717) is 5.75 Å². The maximum Gasteiger partial charge on any atom is 0.344 e. The minimum absolute atomic E-state index is 0.0927. The van der Waals surface area contributed by atoms with Crippen molar-refractivity contribution in [1.29, 1.82) is 0 Å². The summed E-state index contributed by atoms with van der Waals surface area (Å²) >= 11 is 0. The van der Waals surface area contributed by atoms with Gasteiger partial charge in [0.15, 0.2) is 6.61 Å². The summed E-state index contributed by atoms with van der Waals surface area (Å²) in [7, 11) is 0. The molecule has 0 aromatic heterocycles. The normalized spacial score (nSPS) is 10.3. The van der Waals surface area contributed by atoms with Crippen LogP contribution in [0, 0.1) is 5.82 Å². The summed E-state index contributed by atoms with van der Waals surface area (Å²) in [5.41, 5.74) is 2.92. The van der Waals surface area contributed by atoms with E-state index >= 15 is 0 Å². The van der Waals surface area contributed by atoms with E-state index < -0.39 is 5.97 Å². The highest BCUT2D eigenvalue weighted by molar-refractivity contribution is 5.71. The summed E-state index contributed by atoms with van der Waals surface area (Å²) in [6, 6.07) is 23.3. The van der Waals surface area contributed by atoms with Crippen molar-refractivity contribution in [1.82, 2.24) is 0 Å². The molecule has 3 rings (SSSR count). The first-order valence-corrected chi connectivity index (χ1v) is 7.89. The zero-order valence-corrected chi connectivity index (χ0v) is 13.5. The Hall–Kier alpha value is -3.14. The van der Waals surface area contributed by atoms with Gasteiger partial charge in [0.25, 0.3) is 0 Å². The zero-order valence-electron chi connectivity index (χ0n) is 13.5. The van der Waals surface area contributed by atoms with Crippen LogP contribution in [0.2, 0.25) is 0 Å². The number of rotatable bonds is 6. The molecule has 0 amide bonds. The van der Waals surface area contributed by atoms with Crippen molar-refractivity contribution < 1.29 is 18.7 Å². The van der Waals surface area contributed by atoms with Crippen LogP contribution in [0.4, 0.5) is 4.39 Å². The monoisotopic (exact) mass is 336 g/mol. The number of carbonyl (C=O) groups excluding carboxylic acids is 1. The number of halogens is 1. The highest BCUT2D eigenvalue weighted by Crippen LogP contribution is 2.22. The van der Waals surface area contributed by atoms with E-state index in [2.05, 4.69) is 0 Å². The Labute approximate surface area is 145 Å². The molecule has 25 heavy (non-hydrogen) atoms. The molecule has 0 aliphatic heterocycles. The second-order valence-corrected chi connectivity index (χ2v) is 5.47. The van der Waals surface area contributed by atoms with Crippen molar-refractivity contribution in [2.24, 2.45) is 0 Å². The minimum atomic E-state index is -0.475. The summed E-state index contributed by atoms with van der Waals surface area (Å²) in [4.78, 5) is 11.7. The Morgan fingerprint density at radius 3 is 2.12 bits per heavy atom. The molecule has 126 valence electrons. The fourth-order valence-electron chi connectivity index (χ4n) is 2.30. The lowest BCUT2D eigenvalue weighted by atomic mass is 10.1. The Balaban J connectivity index is 1.48. The second kappa shape index (κ2) is 8.11. The Bertz CT molecular complexity index is 812. The summed E-state index contributed by atoms with van der Waals surface area (Å²) < 4.78 is 23.3. The van der Waals surface area contributed by atoms with Crippen molar-refractivity contribution in [2.45, 2.75) is 6.61 Å². The molecular weight excluding hydrogens is 319 g/mol. The molecule has 0 N–H and O–H groups in total. The lowest BCUT2D eigenvalue weighted by Crippen LogP contribution is -2.14. The lowest BCUT2D eigenvalue weighted by Gasteiger charge is -2.08. The highest BCUT2D eigenvalue weighted by Gasteiger charge is 2.06. The molecule has 3 aromatic carbocycles. The number of hydrogen-bond acceptors (Lipinski definition) is 3. The first kappa shape index (κ1) is 16.7. The van der Waals surface area contributed by atoms with E-state index in [4.69, 9.17) is 9.47 Å². The summed E-state index contributed by atoms with van der Waals surface area (Å²) in [5, 5.41) is 0. The molecule has 3 nitrogen and oxygen atoms in total. The van der Waals surface area contributed by atoms with Crippen molar-refractivity contribution in [3.63, 3.8) is 0 Å². The summed E-state index contributed by atoms with van der Waals surface area (Å²) in [6.45, 7) is -0.0820. The van der Waals surface area contributed by atoms with Crippen LogP contribution in [-0.2, 0) is 16.1 Å². The SMILES string of the molecule is O=C(COc1ccc(-c2ccccc2)cc1)OCc1ccc(F)cc1. The fraction of sp³-hybridized carbons (Fsp3) is 0.0952. The first-order chi connectivity index (χ1) is 12.2. The molecule has 0 aliphatic carbocycles. The standard InChI is InChI=1S/C21H17FO3/c22-19-10-6-16(7-11-19)14-25-21(23)15-24-20-12-8-18(9-13-20)17-4-2-1-3-5-17/h1-13H,14-15H2. The number of ether oxygens (including phenoxy) is 2. The van der Waals surface area contributed by atoms with Gasteiger partial charge < -0.3 is 9.47 Å². The van der Waals surface area contributed by atoms with Crippen LogP contribution in [0.5, 0.6) is 5.75 Å². The van der Waals surface area contributed by atoms with Crippen LogP contribution < -0.4 is 4.74 Å². The van der Waals surface area contributed by atoms with Gasteiger partial charge in [-0.2, -0.15) is 0 Å². The Kier molecular flexibility index (Phi) is 5.42. The van der Waals surface area contributed by atoms with Gasteiger partial charge in [0, 0.05) is 0 Å². The van der Waals surface area contributed by atoms with Gasteiger partial charge in [0.1, 0.15) is 18.2 Å². The van der Waals surface area contributed by atoms with E-state index in [0.717, 1.165) is 16.7 Å². The van der Waals surface area contributed by atoms with Crippen molar-refractivity contribution >= 4 is 5.97 Å². The minimum Gasteiger partial charge on any atom is -0.482 e. The third-order valence-corrected chi connectivity index (χ3v) is 3.63. The largest absolute Gasteiger partial charge is 0.482 e. The van der Waals surface area contributed by atoms with E-state index in [1.165, 1.54) is 12.1 Å². The number of benzene rings is 3. The van der Waals surface area contributed by atoms with Gasteiger partial charge in [-0.25, -0.2) is 9.18 Å². The number of hydrogen-bond donors (Lipinski definition) is 0. The van der Waals surface area contributed by atoms with Crippen molar-refractivity contribution in [3.05, 3.63) is 90.2 Å². The summed E-state index contributed by atoms with van der Waals surface area (Å²) in [5.74, 6) is -0.202. The number of carbonyl (C=O) groups is 1. The molecule has 0 heterocycles. The van der Waals surface area contributed by atoms with Crippen molar-refractivity contribution in [3.8, 4) is 16.9 Å². The van der Waals surface area contributed by atoms with Crippen LogP contribution in [0.15, 0.2) is 78.9 Å². The van der Waals surface area contributed by atoms with Crippen LogP contribution in [0.3, 0.4) is 0 Å². The maximum absolute atomic E-state index is 12.8. The average Bonchev–Trinajstić information content (AvgIpc) is 2.67. The molecule has 0 fully saturated rings. The molecular formula is C21H17FO3. The van der Waals surface area contributed by atoms with E-state index in [-0.39, 0.29) is 19.0 Å². The van der Waals surface area contributed by atoms with Crippen LogP contribution in [0.25, 0.3) is 11.1 Å². The van der Waals surface area contributed by atoms with Crippen LogP contribution in [-0.4, -0.2) is 12.6 Å². The van der Waals surface area contributed by atoms with Gasteiger partial charge in [-0.05, 0) is 41.0 Å². The molecule has 3 aromatic rings. The average molecular weight is 336 g/mol. The predicted molar refractivity (Wildman–Crippen MR) is 93.6 cm³/mol. The smallest absolute Gasteiger partial charge is 0.344 e. The maximum atomic E-state index is 12.8. The van der Waals surface area contributed by atoms with Crippen molar-refractivity contribution in [2.75, 3.05) is 6.61 Å². The molecule has 0 saturated carbocycles.